The molecule has 0 saturated heterocycles. The molecule has 0 aliphatic heterocycles. The molecular weight excluding hydrogens is 303 g/mol. The summed E-state index contributed by atoms with van der Waals surface area (Å²) in [5.41, 5.74) is 0.236. The lowest BCUT2D eigenvalue weighted by Gasteiger charge is -2.08. The van der Waals surface area contributed by atoms with Crippen LogP contribution < -0.4 is 10.6 Å². The van der Waals surface area contributed by atoms with Crippen molar-refractivity contribution in [1.82, 2.24) is 5.32 Å². The minimum atomic E-state index is -0.801. The van der Waals surface area contributed by atoms with Crippen LogP contribution in [0.1, 0.15) is 49.4 Å². The first kappa shape index (κ1) is 18.6. The van der Waals surface area contributed by atoms with Crippen LogP contribution in [0.15, 0.2) is 18.2 Å². The van der Waals surface area contributed by atoms with Gasteiger partial charge in [-0.05, 0) is 31.0 Å². The molecule has 0 spiro atoms. The minimum absolute atomic E-state index is 0.0289. The lowest BCUT2D eigenvalue weighted by Crippen LogP contribution is -2.24. The number of benzene rings is 1. The number of carboxylic acids is 1. The van der Waals surface area contributed by atoms with Crippen molar-refractivity contribution in [3.05, 3.63) is 29.6 Å². The van der Waals surface area contributed by atoms with E-state index in [0.717, 1.165) is 25.3 Å². The van der Waals surface area contributed by atoms with E-state index in [2.05, 4.69) is 10.6 Å². The molecule has 1 aromatic rings. The Balaban J connectivity index is 2.37. The van der Waals surface area contributed by atoms with Crippen molar-refractivity contribution >= 4 is 23.5 Å². The Kier molecular flexibility index (Phi) is 7.73. The Morgan fingerprint density at radius 2 is 1.83 bits per heavy atom. The number of amides is 2. The fourth-order valence-electron chi connectivity index (χ4n) is 2.01. The molecule has 0 bridgehead atoms. The Morgan fingerprint density at radius 1 is 1.13 bits per heavy atom. The van der Waals surface area contributed by atoms with Crippen molar-refractivity contribution in [2.24, 2.45) is 0 Å². The number of nitrogens with one attached hydrogen (secondary N) is 2. The lowest BCUT2D eigenvalue weighted by molar-refractivity contribution is -0.137. The van der Waals surface area contributed by atoms with Gasteiger partial charge in [-0.1, -0.05) is 12.8 Å². The number of carbonyl (C=O) groups is 3. The highest BCUT2D eigenvalue weighted by Gasteiger charge is 2.10. The third-order valence-corrected chi connectivity index (χ3v) is 3.14. The van der Waals surface area contributed by atoms with E-state index in [1.54, 1.807) is 0 Å². The van der Waals surface area contributed by atoms with E-state index >= 15 is 0 Å². The summed E-state index contributed by atoms with van der Waals surface area (Å²) in [6.07, 6.45) is 3.15. The number of hydrogen-bond acceptors (Lipinski definition) is 3. The Labute approximate surface area is 134 Å². The predicted octanol–water partition coefficient (Wildman–Crippen LogP) is 2.55. The van der Waals surface area contributed by atoms with Gasteiger partial charge in [0.25, 0.3) is 5.91 Å². The topological polar surface area (TPSA) is 95.5 Å². The minimum Gasteiger partial charge on any atom is -0.481 e. The van der Waals surface area contributed by atoms with Crippen LogP contribution in [0, 0.1) is 5.82 Å². The van der Waals surface area contributed by atoms with Crippen LogP contribution in [0.25, 0.3) is 0 Å². The van der Waals surface area contributed by atoms with Gasteiger partial charge in [0.2, 0.25) is 5.91 Å². The molecular formula is C16H21FN2O4. The highest BCUT2D eigenvalue weighted by Crippen LogP contribution is 2.16. The van der Waals surface area contributed by atoms with Gasteiger partial charge in [0.05, 0.1) is 5.69 Å². The zero-order valence-corrected chi connectivity index (χ0v) is 13.0. The molecule has 1 aromatic carbocycles. The molecule has 0 fully saturated rings. The molecule has 23 heavy (non-hydrogen) atoms. The second kappa shape index (κ2) is 9.55. The predicted molar refractivity (Wildman–Crippen MR) is 83.8 cm³/mol. The molecule has 0 aliphatic rings. The first-order valence-electron chi connectivity index (χ1n) is 7.47. The largest absolute Gasteiger partial charge is 0.481 e. The molecule has 0 heterocycles. The van der Waals surface area contributed by atoms with E-state index in [0.29, 0.717) is 13.0 Å². The number of anilines is 1. The van der Waals surface area contributed by atoms with Crippen LogP contribution in [0.5, 0.6) is 0 Å². The third-order valence-electron chi connectivity index (χ3n) is 3.14. The molecule has 0 aliphatic carbocycles. The lowest BCUT2D eigenvalue weighted by atomic mass is 10.1. The van der Waals surface area contributed by atoms with Gasteiger partial charge in [-0.3, -0.25) is 14.4 Å². The number of carboxylic acid groups (broad SMARTS) is 1. The second-order valence-corrected chi connectivity index (χ2v) is 5.19. The first-order chi connectivity index (χ1) is 10.9. The molecule has 7 heteroatoms. The van der Waals surface area contributed by atoms with Crippen molar-refractivity contribution in [3.63, 3.8) is 0 Å². The van der Waals surface area contributed by atoms with Gasteiger partial charge in [-0.25, -0.2) is 4.39 Å². The van der Waals surface area contributed by atoms with Crippen LogP contribution in [0.2, 0.25) is 0 Å². The van der Waals surface area contributed by atoms with Crippen LogP contribution >= 0.6 is 0 Å². The average Bonchev–Trinajstić information content (AvgIpc) is 2.47. The summed E-state index contributed by atoms with van der Waals surface area (Å²) in [4.78, 5) is 33.3. The summed E-state index contributed by atoms with van der Waals surface area (Å²) in [5, 5.41) is 13.5. The van der Waals surface area contributed by atoms with E-state index in [-0.39, 0.29) is 23.6 Å². The van der Waals surface area contributed by atoms with Gasteiger partial charge in [-0.2, -0.15) is 0 Å². The van der Waals surface area contributed by atoms with Crippen molar-refractivity contribution in [3.8, 4) is 0 Å². The summed E-state index contributed by atoms with van der Waals surface area (Å²) >= 11 is 0. The average molecular weight is 324 g/mol. The van der Waals surface area contributed by atoms with Gasteiger partial charge >= 0.3 is 5.97 Å². The molecule has 1 rings (SSSR count). The highest BCUT2D eigenvalue weighted by atomic mass is 19.1. The Morgan fingerprint density at radius 3 is 2.48 bits per heavy atom. The van der Waals surface area contributed by atoms with E-state index in [9.17, 15) is 18.8 Å². The summed E-state index contributed by atoms with van der Waals surface area (Å²) < 4.78 is 13.5. The van der Waals surface area contributed by atoms with Crippen molar-refractivity contribution in [1.29, 1.82) is 0 Å². The molecule has 126 valence electrons. The normalized spacial score (nSPS) is 10.2. The van der Waals surface area contributed by atoms with E-state index in [1.165, 1.54) is 19.1 Å². The summed E-state index contributed by atoms with van der Waals surface area (Å²) in [7, 11) is 0. The monoisotopic (exact) mass is 324 g/mol. The number of carbonyl (C=O) groups excluding carboxylic acids is 2. The quantitative estimate of drug-likeness (QED) is 0.608. The van der Waals surface area contributed by atoms with Gasteiger partial charge in [0.15, 0.2) is 0 Å². The number of unbranched alkanes of at least 4 members (excludes halogenated alkanes) is 3. The number of hydrogen-bond donors (Lipinski definition) is 3. The van der Waals surface area contributed by atoms with E-state index in [4.69, 9.17) is 5.11 Å². The van der Waals surface area contributed by atoms with Crippen LogP contribution in [-0.4, -0.2) is 29.4 Å². The fraction of sp³-hybridized carbons (Fsp3) is 0.438. The number of aliphatic carboxylic acids is 1. The van der Waals surface area contributed by atoms with Gasteiger partial charge < -0.3 is 15.7 Å². The van der Waals surface area contributed by atoms with Gasteiger partial charge in [-0.15, -0.1) is 0 Å². The number of halogens is 1. The summed E-state index contributed by atoms with van der Waals surface area (Å²) in [5.74, 6) is -2.16. The van der Waals surface area contributed by atoms with Crippen molar-refractivity contribution < 1.29 is 23.9 Å². The highest BCUT2D eigenvalue weighted by molar-refractivity contribution is 5.96. The van der Waals surface area contributed by atoms with Crippen LogP contribution in [0.4, 0.5) is 10.1 Å². The van der Waals surface area contributed by atoms with Crippen molar-refractivity contribution in [2.75, 3.05) is 11.9 Å². The third kappa shape index (κ3) is 7.39. The SMILES string of the molecule is CC(=O)Nc1cc(C(=O)NCCCCCCC(=O)O)ccc1F. The summed E-state index contributed by atoms with van der Waals surface area (Å²) in [6.45, 7) is 1.72. The molecule has 0 saturated carbocycles. The van der Waals surface area contributed by atoms with E-state index < -0.39 is 17.7 Å². The Hall–Kier alpha value is -2.44. The fourth-order valence-corrected chi connectivity index (χ4v) is 2.01. The Bertz CT molecular complexity index is 575. The smallest absolute Gasteiger partial charge is 0.303 e. The summed E-state index contributed by atoms with van der Waals surface area (Å²) in [6, 6.07) is 3.77. The first-order valence-corrected chi connectivity index (χ1v) is 7.47. The van der Waals surface area contributed by atoms with Crippen LogP contribution in [0.3, 0.4) is 0 Å². The maximum Gasteiger partial charge on any atom is 0.303 e. The zero-order chi connectivity index (χ0) is 17.2. The molecule has 0 unspecified atom stereocenters. The van der Waals surface area contributed by atoms with Gasteiger partial charge in [0.1, 0.15) is 5.82 Å². The standard InChI is InChI=1S/C16H21FN2O4/c1-11(20)19-14-10-12(7-8-13(14)17)16(23)18-9-5-3-2-4-6-15(21)22/h7-8,10H,2-6,9H2,1H3,(H,18,23)(H,19,20)(H,21,22). The molecule has 3 N–H and O–H groups in total. The van der Waals surface area contributed by atoms with Crippen molar-refractivity contribution in [2.45, 2.75) is 39.0 Å². The zero-order valence-electron chi connectivity index (χ0n) is 13.0. The number of rotatable bonds is 9. The molecule has 0 atom stereocenters. The van der Waals surface area contributed by atoms with Crippen LogP contribution in [-0.2, 0) is 9.59 Å². The molecule has 6 nitrogen and oxygen atoms in total. The van der Waals surface area contributed by atoms with E-state index in [1.807, 2.05) is 0 Å². The molecule has 2 amide bonds. The molecule has 0 radical (unpaired) electrons. The second-order valence-electron chi connectivity index (χ2n) is 5.19. The van der Waals surface area contributed by atoms with Gasteiger partial charge in [0, 0.05) is 25.5 Å². The maximum absolute atomic E-state index is 13.5. The molecule has 0 aromatic heterocycles. The maximum atomic E-state index is 13.5.